The molecule has 0 amide bonds. The van der Waals surface area contributed by atoms with Gasteiger partial charge >= 0.3 is 6.18 Å². The fraction of sp³-hybridized carbons (Fsp3) is 0.217. The molecule has 1 aliphatic rings. The van der Waals surface area contributed by atoms with Crippen LogP contribution in [0.3, 0.4) is 0 Å². The molecular formula is C23H20F3N3OS. The van der Waals surface area contributed by atoms with Crippen molar-refractivity contribution in [3.8, 4) is 11.3 Å². The molecule has 4 nitrogen and oxygen atoms in total. The molecule has 0 unspecified atom stereocenters. The number of amidine groups is 1. The monoisotopic (exact) mass is 443 g/mol. The molecule has 0 bridgehead atoms. The minimum atomic E-state index is -4.43. The number of hydrogen-bond donors (Lipinski definition) is 2. The molecule has 0 radical (unpaired) electrons. The van der Waals surface area contributed by atoms with Gasteiger partial charge in [0.1, 0.15) is 16.6 Å². The van der Waals surface area contributed by atoms with E-state index >= 15 is 0 Å². The molecule has 4 rings (SSSR count). The molecule has 0 atom stereocenters. The van der Waals surface area contributed by atoms with Gasteiger partial charge in [-0.2, -0.15) is 13.2 Å². The summed E-state index contributed by atoms with van der Waals surface area (Å²) >= 11 is 1.39. The molecule has 0 spiro atoms. The van der Waals surface area contributed by atoms with Gasteiger partial charge in [0.15, 0.2) is 0 Å². The van der Waals surface area contributed by atoms with Crippen molar-refractivity contribution < 1.29 is 18.3 Å². The summed E-state index contributed by atoms with van der Waals surface area (Å²) in [7, 11) is 0. The number of aromatic nitrogens is 1. The quantitative estimate of drug-likeness (QED) is 0.504. The zero-order chi connectivity index (χ0) is 22.3. The van der Waals surface area contributed by atoms with E-state index in [9.17, 15) is 18.3 Å². The average Bonchev–Trinajstić information content (AvgIpc) is 3.21. The molecule has 2 N–H and O–H groups in total. The number of aliphatic hydroxyl groups is 1. The van der Waals surface area contributed by atoms with Crippen LogP contribution in [-0.2, 0) is 12.7 Å². The lowest BCUT2D eigenvalue weighted by Crippen LogP contribution is -2.26. The van der Waals surface area contributed by atoms with Gasteiger partial charge in [0.05, 0.1) is 23.4 Å². The van der Waals surface area contributed by atoms with Gasteiger partial charge in [0.2, 0.25) is 0 Å². The van der Waals surface area contributed by atoms with Crippen LogP contribution in [0.25, 0.3) is 16.8 Å². The summed E-state index contributed by atoms with van der Waals surface area (Å²) in [6, 6.07) is 13.0. The zero-order valence-electron chi connectivity index (χ0n) is 16.9. The maximum Gasteiger partial charge on any atom is 0.416 e. The third-order valence-electron chi connectivity index (χ3n) is 5.15. The summed E-state index contributed by atoms with van der Waals surface area (Å²) in [5.41, 5.74) is 2.91. The number of aliphatic hydroxyl groups excluding tert-OH is 1. The number of nitrogens with one attached hydrogen (secondary N) is 1. The van der Waals surface area contributed by atoms with Crippen LogP contribution in [0.5, 0.6) is 0 Å². The Morgan fingerprint density at radius 2 is 1.84 bits per heavy atom. The first kappa shape index (κ1) is 21.1. The number of hydrogen-bond acceptors (Lipinski definition) is 4. The summed E-state index contributed by atoms with van der Waals surface area (Å²) in [5, 5.41) is 19.6. The van der Waals surface area contributed by atoms with Crippen molar-refractivity contribution in [2.24, 2.45) is 0 Å². The van der Waals surface area contributed by atoms with E-state index in [0.29, 0.717) is 16.1 Å². The first-order valence-electron chi connectivity index (χ1n) is 9.60. The summed E-state index contributed by atoms with van der Waals surface area (Å²) in [5.74, 6) is 0.0558. The number of nitrogens with zero attached hydrogens (tertiary/aromatic N) is 2. The minimum Gasteiger partial charge on any atom is -0.510 e. The molecule has 0 aliphatic carbocycles. The highest BCUT2D eigenvalue weighted by atomic mass is 32.1. The average molecular weight is 443 g/mol. The van der Waals surface area contributed by atoms with Crippen LogP contribution in [0.1, 0.15) is 26.6 Å². The van der Waals surface area contributed by atoms with Gasteiger partial charge in [-0.25, -0.2) is 4.98 Å². The number of rotatable bonds is 4. The highest BCUT2D eigenvalue weighted by Crippen LogP contribution is 2.36. The van der Waals surface area contributed by atoms with Crippen LogP contribution in [-0.4, -0.2) is 27.4 Å². The predicted molar refractivity (Wildman–Crippen MR) is 116 cm³/mol. The van der Waals surface area contributed by atoms with Crippen molar-refractivity contribution in [2.75, 3.05) is 6.54 Å². The van der Waals surface area contributed by atoms with E-state index in [1.54, 1.807) is 11.0 Å². The molecule has 8 heteroatoms. The van der Waals surface area contributed by atoms with E-state index in [1.807, 2.05) is 38.1 Å². The topological polar surface area (TPSA) is 60.2 Å². The Bertz CT molecular complexity index is 1180. The number of thiazole rings is 1. The summed E-state index contributed by atoms with van der Waals surface area (Å²) in [6.07, 6.45) is -4.43. The highest BCUT2D eigenvalue weighted by Gasteiger charge is 2.33. The van der Waals surface area contributed by atoms with Gasteiger partial charge in [-0.1, -0.05) is 42.0 Å². The number of aryl methyl sites for hydroxylation is 2. The van der Waals surface area contributed by atoms with Gasteiger partial charge < -0.3 is 10.0 Å². The van der Waals surface area contributed by atoms with Gasteiger partial charge in [-0.15, -0.1) is 11.3 Å². The fourth-order valence-corrected chi connectivity index (χ4v) is 4.55. The molecule has 0 saturated carbocycles. The molecule has 160 valence electrons. The Labute approximate surface area is 181 Å². The van der Waals surface area contributed by atoms with E-state index in [4.69, 9.17) is 5.41 Å². The highest BCUT2D eigenvalue weighted by molar-refractivity contribution is 7.13. The van der Waals surface area contributed by atoms with E-state index < -0.39 is 11.7 Å². The largest absolute Gasteiger partial charge is 0.510 e. The van der Waals surface area contributed by atoms with Crippen molar-refractivity contribution in [1.82, 2.24) is 9.88 Å². The Morgan fingerprint density at radius 1 is 1.13 bits per heavy atom. The summed E-state index contributed by atoms with van der Waals surface area (Å²) < 4.78 is 39.0. The lowest BCUT2D eigenvalue weighted by atomic mass is 10.1. The fourth-order valence-electron chi connectivity index (χ4n) is 3.54. The molecule has 2 heterocycles. The van der Waals surface area contributed by atoms with Gasteiger partial charge in [-0.3, -0.25) is 5.41 Å². The maximum atomic E-state index is 13.0. The summed E-state index contributed by atoms with van der Waals surface area (Å²) in [6.45, 7) is 4.09. The number of benzene rings is 2. The van der Waals surface area contributed by atoms with Crippen molar-refractivity contribution in [3.05, 3.63) is 80.9 Å². The first-order valence-corrected chi connectivity index (χ1v) is 10.4. The van der Waals surface area contributed by atoms with E-state index in [1.165, 1.54) is 17.4 Å². The van der Waals surface area contributed by atoms with Crippen molar-refractivity contribution in [2.45, 2.75) is 26.6 Å². The molecular weight excluding hydrogens is 423 g/mol. The van der Waals surface area contributed by atoms with E-state index in [2.05, 4.69) is 4.98 Å². The van der Waals surface area contributed by atoms with Gasteiger partial charge in [0, 0.05) is 17.0 Å². The minimum absolute atomic E-state index is 0.00109. The lowest BCUT2D eigenvalue weighted by Gasteiger charge is -2.19. The van der Waals surface area contributed by atoms with E-state index in [0.717, 1.165) is 33.8 Å². The second-order valence-electron chi connectivity index (χ2n) is 7.51. The third-order valence-corrected chi connectivity index (χ3v) is 6.13. The van der Waals surface area contributed by atoms with Crippen LogP contribution in [0, 0.1) is 19.3 Å². The molecule has 31 heavy (non-hydrogen) atoms. The first-order chi connectivity index (χ1) is 14.6. The van der Waals surface area contributed by atoms with E-state index in [-0.39, 0.29) is 24.7 Å². The third kappa shape index (κ3) is 4.20. The zero-order valence-corrected chi connectivity index (χ0v) is 17.7. The SMILES string of the molecule is Cc1ccc(-c2nc(C3=C(O)CN(Cc4cccc(C(F)(F)F)c4)C3=N)sc2C)cc1. The van der Waals surface area contributed by atoms with Crippen LogP contribution in [0.2, 0.25) is 0 Å². The Hall–Kier alpha value is -3.13. The second-order valence-corrected chi connectivity index (χ2v) is 8.72. The Morgan fingerprint density at radius 3 is 2.52 bits per heavy atom. The normalized spacial score (nSPS) is 14.6. The molecule has 1 aliphatic heterocycles. The van der Waals surface area contributed by atoms with Crippen LogP contribution in [0.15, 0.2) is 54.3 Å². The molecule has 0 saturated heterocycles. The molecule has 0 fully saturated rings. The Kier molecular flexibility index (Phi) is 5.35. The standard InChI is InChI=1S/C23H20F3N3OS/c1-13-6-8-16(9-7-13)20-14(2)31-22(28-20)19-18(30)12-29(21(19)27)11-15-4-3-5-17(10-15)23(24,25)26/h3-10,27,30H,11-12H2,1-2H3. The van der Waals surface area contributed by atoms with Crippen molar-refractivity contribution >= 4 is 22.7 Å². The predicted octanol–water partition coefficient (Wildman–Crippen LogP) is 6.21. The lowest BCUT2D eigenvalue weighted by molar-refractivity contribution is -0.137. The number of alkyl halides is 3. The van der Waals surface area contributed by atoms with Crippen molar-refractivity contribution in [1.29, 1.82) is 5.41 Å². The van der Waals surface area contributed by atoms with Gasteiger partial charge in [-0.05, 0) is 31.5 Å². The molecule has 1 aromatic heterocycles. The number of halogens is 3. The van der Waals surface area contributed by atoms with Crippen molar-refractivity contribution in [3.63, 3.8) is 0 Å². The second kappa shape index (κ2) is 7.85. The molecule has 3 aromatic rings. The molecule has 2 aromatic carbocycles. The van der Waals surface area contributed by atoms with Crippen LogP contribution < -0.4 is 0 Å². The smallest absolute Gasteiger partial charge is 0.416 e. The Balaban J connectivity index is 1.58. The van der Waals surface area contributed by atoms with Crippen LogP contribution >= 0.6 is 11.3 Å². The summed E-state index contributed by atoms with van der Waals surface area (Å²) in [4.78, 5) is 7.17. The maximum absolute atomic E-state index is 13.0. The van der Waals surface area contributed by atoms with Crippen LogP contribution in [0.4, 0.5) is 13.2 Å². The van der Waals surface area contributed by atoms with Gasteiger partial charge in [0.25, 0.3) is 0 Å².